The molecule has 0 saturated carbocycles. The van der Waals surface area contributed by atoms with Crippen molar-refractivity contribution in [2.24, 2.45) is 0 Å². The molecule has 7 nitrogen and oxygen atoms in total. The van der Waals surface area contributed by atoms with Gasteiger partial charge in [-0.3, -0.25) is 9.36 Å². The lowest BCUT2D eigenvalue weighted by molar-refractivity contribution is 0.883. The van der Waals surface area contributed by atoms with Crippen molar-refractivity contribution < 1.29 is 0 Å². The molecule has 0 spiro atoms. The second-order valence-electron chi connectivity index (χ2n) is 5.30. The van der Waals surface area contributed by atoms with E-state index in [-0.39, 0.29) is 11.1 Å². The Balaban J connectivity index is 2.04. The summed E-state index contributed by atoms with van der Waals surface area (Å²) in [6.45, 7) is 3.93. The molecule has 3 heterocycles. The van der Waals surface area contributed by atoms with E-state index in [1.54, 1.807) is 15.3 Å². The SMILES string of the molecule is CCc1nc2nnc3c(=O)n(-c4ccccc4C)ccc3n2n1. The van der Waals surface area contributed by atoms with E-state index >= 15 is 0 Å². The van der Waals surface area contributed by atoms with Gasteiger partial charge in [-0.25, -0.2) is 0 Å². The summed E-state index contributed by atoms with van der Waals surface area (Å²) in [6, 6.07) is 9.53. The Morgan fingerprint density at radius 3 is 2.74 bits per heavy atom. The molecule has 0 fully saturated rings. The predicted molar refractivity (Wildman–Crippen MR) is 85.8 cm³/mol. The van der Waals surface area contributed by atoms with Gasteiger partial charge in [-0.05, 0) is 24.6 Å². The summed E-state index contributed by atoms with van der Waals surface area (Å²) in [7, 11) is 0. The molecule has 7 heteroatoms. The summed E-state index contributed by atoms with van der Waals surface area (Å²) in [4.78, 5) is 17.1. The maximum Gasteiger partial charge on any atom is 0.285 e. The van der Waals surface area contributed by atoms with Gasteiger partial charge >= 0.3 is 0 Å². The Kier molecular flexibility index (Phi) is 2.94. The summed E-state index contributed by atoms with van der Waals surface area (Å²) in [6.07, 6.45) is 2.44. The Morgan fingerprint density at radius 2 is 1.96 bits per heavy atom. The third-order valence-corrected chi connectivity index (χ3v) is 3.84. The molecular weight excluding hydrogens is 292 g/mol. The number of pyridine rings is 1. The molecule has 0 unspecified atom stereocenters. The highest BCUT2D eigenvalue weighted by atomic mass is 16.1. The minimum atomic E-state index is -0.222. The fourth-order valence-corrected chi connectivity index (χ4v) is 2.62. The zero-order valence-electron chi connectivity index (χ0n) is 12.8. The van der Waals surface area contributed by atoms with Crippen LogP contribution in [0.5, 0.6) is 0 Å². The third-order valence-electron chi connectivity index (χ3n) is 3.84. The van der Waals surface area contributed by atoms with Crippen molar-refractivity contribution in [3.63, 3.8) is 0 Å². The van der Waals surface area contributed by atoms with Gasteiger partial charge in [-0.2, -0.15) is 9.50 Å². The fourth-order valence-electron chi connectivity index (χ4n) is 2.62. The molecule has 0 aliphatic rings. The summed E-state index contributed by atoms with van der Waals surface area (Å²) in [5, 5.41) is 12.5. The molecule has 1 aromatic carbocycles. The second kappa shape index (κ2) is 4.98. The first-order valence-electron chi connectivity index (χ1n) is 7.38. The molecule has 0 saturated heterocycles. The van der Waals surface area contributed by atoms with E-state index in [9.17, 15) is 4.79 Å². The molecule has 23 heavy (non-hydrogen) atoms. The van der Waals surface area contributed by atoms with Gasteiger partial charge in [0, 0.05) is 12.6 Å². The van der Waals surface area contributed by atoms with Crippen LogP contribution in [0.4, 0.5) is 0 Å². The lowest BCUT2D eigenvalue weighted by Crippen LogP contribution is -2.20. The summed E-state index contributed by atoms with van der Waals surface area (Å²) in [5.41, 5.74) is 2.50. The Morgan fingerprint density at radius 1 is 1.13 bits per heavy atom. The lowest BCUT2D eigenvalue weighted by Gasteiger charge is -2.09. The van der Waals surface area contributed by atoms with Gasteiger partial charge in [-0.1, -0.05) is 25.1 Å². The number of aryl methyl sites for hydroxylation is 2. The zero-order valence-corrected chi connectivity index (χ0v) is 12.8. The number of aromatic nitrogens is 6. The monoisotopic (exact) mass is 306 g/mol. The maximum absolute atomic E-state index is 12.8. The van der Waals surface area contributed by atoms with Gasteiger partial charge in [0.2, 0.25) is 0 Å². The van der Waals surface area contributed by atoms with Crippen LogP contribution in [0.3, 0.4) is 0 Å². The fraction of sp³-hybridized carbons (Fsp3) is 0.188. The molecule has 0 bridgehead atoms. The van der Waals surface area contributed by atoms with E-state index in [2.05, 4.69) is 20.3 Å². The Labute approximate surface area is 131 Å². The molecule has 114 valence electrons. The first-order chi connectivity index (χ1) is 11.2. The van der Waals surface area contributed by atoms with Crippen molar-refractivity contribution in [2.75, 3.05) is 0 Å². The van der Waals surface area contributed by atoms with E-state index < -0.39 is 0 Å². The first kappa shape index (κ1) is 13.6. The van der Waals surface area contributed by atoms with Crippen LogP contribution < -0.4 is 5.56 Å². The second-order valence-corrected chi connectivity index (χ2v) is 5.30. The van der Waals surface area contributed by atoms with Gasteiger partial charge in [-0.15, -0.1) is 15.3 Å². The van der Waals surface area contributed by atoms with Crippen molar-refractivity contribution >= 4 is 16.8 Å². The molecule has 0 aliphatic carbocycles. The highest BCUT2D eigenvalue weighted by Gasteiger charge is 2.13. The number of para-hydroxylation sites is 1. The standard InChI is InChI=1S/C16H14N6O/c1-3-13-17-16-19-18-14-12(22(16)20-13)8-9-21(15(14)23)11-7-5-4-6-10(11)2/h4-9H,3H2,1-2H3. The van der Waals surface area contributed by atoms with Crippen LogP contribution in [0, 0.1) is 6.92 Å². The van der Waals surface area contributed by atoms with Crippen LogP contribution in [-0.4, -0.2) is 29.4 Å². The zero-order chi connectivity index (χ0) is 16.0. The minimum Gasteiger partial charge on any atom is -0.282 e. The molecule has 4 aromatic rings. The predicted octanol–water partition coefficient (Wildman–Crippen LogP) is 1.69. The van der Waals surface area contributed by atoms with E-state index in [0.717, 1.165) is 11.3 Å². The normalized spacial score (nSPS) is 11.4. The van der Waals surface area contributed by atoms with Gasteiger partial charge in [0.15, 0.2) is 11.3 Å². The Bertz CT molecular complexity index is 1090. The smallest absolute Gasteiger partial charge is 0.282 e. The highest BCUT2D eigenvalue weighted by Crippen LogP contribution is 2.14. The van der Waals surface area contributed by atoms with Crippen LogP contribution in [0.1, 0.15) is 18.3 Å². The van der Waals surface area contributed by atoms with Gasteiger partial charge in [0.05, 0.1) is 5.69 Å². The Hall–Kier alpha value is -3.09. The van der Waals surface area contributed by atoms with Crippen LogP contribution >= 0.6 is 0 Å². The van der Waals surface area contributed by atoms with Crippen molar-refractivity contribution in [1.82, 2.24) is 29.4 Å². The number of rotatable bonds is 2. The molecule has 0 amide bonds. The summed E-state index contributed by atoms with van der Waals surface area (Å²) < 4.78 is 3.15. The number of fused-ring (bicyclic) bond motifs is 3. The first-order valence-corrected chi connectivity index (χ1v) is 7.38. The number of hydrogen-bond donors (Lipinski definition) is 0. The minimum absolute atomic E-state index is 0.222. The van der Waals surface area contributed by atoms with E-state index in [0.29, 0.717) is 23.5 Å². The summed E-state index contributed by atoms with van der Waals surface area (Å²) >= 11 is 0. The quantitative estimate of drug-likeness (QED) is 0.563. The molecule has 0 radical (unpaired) electrons. The average molecular weight is 306 g/mol. The van der Waals surface area contributed by atoms with Gasteiger partial charge in [0.25, 0.3) is 11.3 Å². The van der Waals surface area contributed by atoms with Crippen LogP contribution in [-0.2, 0) is 6.42 Å². The molecule has 3 aromatic heterocycles. The van der Waals surface area contributed by atoms with Crippen LogP contribution in [0.15, 0.2) is 41.3 Å². The van der Waals surface area contributed by atoms with Crippen molar-refractivity contribution in [1.29, 1.82) is 0 Å². The molecule has 4 rings (SSSR count). The molecular formula is C16H14N6O. The van der Waals surface area contributed by atoms with Crippen molar-refractivity contribution in [3.05, 3.63) is 58.3 Å². The number of nitrogens with zero attached hydrogens (tertiary/aromatic N) is 6. The summed E-state index contributed by atoms with van der Waals surface area (Å²) in [5.74, 6) is 1.08. The van der Waals surface area contributed by atoms with E-state index in [1.807, 2.05) is 44.2 Å². The topological polar surface area (TPSA) is 78.0 Å². The number of benzene rings is 1. The third kappa shape index (κ3) is 2.01. The van der Waals surface area contributed by atoms with E-state index in [4.69, 9.17) is 0 Å². The highest BCUT2D eigenvalue weighted by molar-refractivity contribution is 5.74. The van der Waals surface area contributed by atoms with Crippen LogP contribution in [0.2, 0.25) is 0 Å². The van der Waals surface area contributed by atoms with Gasteiger partial charge < -0.3 is 0 Å². The van der Waals surface area contributed by atoms with Crippen molar-refractivity contribution in [3.8, 4) is 5.69 Å². The van der Waals surface area contributed by atoms with Gasteiger partial charge in [0.1, 0.15) is 5.52 Å². The number of hydrogen-bond acceptors (Lipinski definition) is 5. The van der Waals surface area contributed by atoms with Crippen molar-refractivity contribution in [2.45, 2.75) is 20.3 Å². The van der Waals surface area contributed by atoms with E-state index in [1.165, 1.54) is 0 Å². The maximum atomic E-state index is 12.8. The van der Waals surface area contributed by atoms with Crippen LogP contribution in [0.25, 0.3) is 22.5 Å². The molecule has 0 N–H and O–H groups in total. The molecule has 0 aliphatic heterocycles. The largest absolute Gasteiger partial charge is 0.285 e. The average Bonchev–Trinajstić information content (AvgIpc) is 3.00. The molecule has 0 atom stereocenters. The lowest BCUT2D eigenvalue weighted by atomic mass is 10.2.